The number of rotatable bonds is 3. The van der Waals surface area contributed by atoms with Crippen molar-refractivity contribution < 1.29 is 4.74 Å². The summed E-state index contributed by atoms with van der Waals surface area (Å²) in [4.78, 5) is 0. The molecule has 1 fully saturated rings. The number of ether oxygens (including phenoxy) is 1. The second-order valence-electron chi connectivity index (χ2n) is 4.72. The summed E-state index contributed by atoms with van der Waals surface area (Å²) in [5.74, 6) is 0.876. The van der Waals surface area contributed by atoms with Gasteiger partial charge in [-0.25, -0.2) is 0 Å². The lowest BCUT2D eigenvalue weighted by Gasteiger charge is -2.23. The molecule has 1 aliphatic carbocycles. The van der Waals surface area contributed by atoms with Gasteiger partial charge in [0.1, 0.15) is 5.75 Å². The van der Waals surface area contributed by atoms with Gasteiger partial charge < -0.3 is 10.5 Å². The fourth-order valence-corrected chi connectivity index (χ4v) is 3.07. The van der Waals surface area contributed by atoms with Gasteiger partial charge >= 0.3 is 0 Å². The van der Waals surface area contributed by atoms with Gasteiger partial charge in [-0.15, -0.1) is 0 Å². The molecule has 88 valence electrons. The normalized spacial score (nSPS) is 18.7. The third-order valence-corrected chi connectivity index (χ3v) is 3.99. The van der Waals surface area contributed by atoms with E-state index in [-0.39, 0.29) is 5.54 Å². The van der Waals surface area contributed by atoms with Crippen molar-refractivity contribution in [2.45, 2.75) is 37.6 Å². The summed E-state index contributed by atoms with van der Waals surface area (Å²) in [5, 5.41) is 0. The standard InChI is InChI=1S/C13H18BrNO/c1-16-12-5-4-10(8-11(12)14)9-13(15)6-2-3-7-13/h4-5,8H,2-3,6-7,9,15H2,1H3. The third kappa shape index (κ3) is 2.58. The van der Waals surface area contributed by atoms with Crippen LogP contribution in [0.5, 0.6) is 5.75 Å². The maximum Gasteiger partial charge on any atom is 0.133 e. The van der Waals surface area contributed by atoms with E-state index in [2.05, 4.69) is 28.1 Å². The van der Waals surface area contributed by atoms with Crippen molar-refractivity contribution in [3.8, 4) is 5.75 Å². The molecule has 3 heteroatoms. The summed E-state index contributed by atoms with van der Waals surface area (Å²) in [5.41, 5.74) is 7.68. The molecule has 1 aliphatic rings. The highest BCUT2D eigenvalue weighted by Crippen LogP contribution is 2.32. The number of hydrogen-bond acceptors (Lipinski definition) is 2. The van der Waals surface area contributed by atoms with Gasteiger partial charge in [-0.1, -0.05) is 18.9 Å². The van der Waals surface area contributed by atoms with Crippen LogP contribution >= 0.6 is 15.9 Å². The van der Waals surface area contributed by atoms with Crippen LogP contribution in [0.4, 0.5) is 0 Å². The predicted octanol–water partition coefficient (Wildman–Crippen LogP) is 3.27. The largest absolute Gasteiger partial charge is 0.496 e. The van der Waals surface area contributed by atoms with Gasteiger partial charge in [0.05, 0.1) is 11.6 Å². The second kappa shape index (κ2) is 4.76. The molecule has 2 N–H and O–H groups in total. The molecule has 16 heavy (non-hydrogen) atoms. The molecule has 0 unspecified atom stereocenters. The van der Waals surface area contributed by atoms with E-state index >= 15 is 0 Å². The van der Waals surface area contributed by atoms with Crippen molar-refractivity contribution in [2.24, 2.45) is 5.73 Å². The Hall–Kier alpha value is -0.540. The fourth-order valence-electron chi connectivity index (χ4n) is 2.48. The zero-order chi connectivity index (χ0) is 11.6. The van der Waals surface area contributed by atoms with Crippen molar-refractivity contribution in [3.05, 3.63) is 28.2 Å². The molecule has 0 aromatic heterocycles. The van der Waals surface area contributed by atoms with E-state index in [1.54, 1.807) is 7.11 Å². The summed E-state index contributed by atoms with van der Waals surface area (Å²) < 4.78 is 6.23. The Morgan fingerprint density at radius 3 is 2.62 bits per heavy atom. The number of benzene rings is 1. The first-order valence-electron chi connectivity index (χ1n) is 5.74. The van der Waals surface area contributed by atoms with Gasteiger partial charge in [-0.2, -0.15) is 0 Å². The molecule has 2 rings (SSSR count). The number of methoxy groups -OCH3 is 1. The average molecular weight is 284 g/mol. The van der Waals surface area contributed by atoms with Crippen LogP contribution in [0.25, 0.3) is 0 Å². The Balaban J connectivity index is 2.13. The highest BCUT2D eigenvalue weighted by Gasteiger charge is 2.29. The van der Waals surface area contributed by atoms with E-state index in [0.717, 1.165) is 29.5 Å². The summed E-state index contributed by atoms with van der Waals surface area (Å²) in [6.07, 6.45) is 5.81. The van der Waals surface area contributed by atoms with Gasteiger partial charge in [0.15, 0.2) is 0 Å². The Kier molecular flexibility index (Phi) is 3.55. The van der Waals surface area contributed by atoms with Crippen LogP contribution < -0.4 is 10.5 Å². The number of halogens is 1. The zero-order valence-electron chi connectivity index (χ0n) is 9.63. The van der Waals surface area contributed by atoms with Crippen molar-refractivity contribution in [3.63, 3.8) is 0 Å². The first-order valence-corrected chi connectivity index (χ1v) is 6.54. The Morgan fingerprint density at radius 1 is 1.38 bits per heavy atom. The average Bonchev–Trinajstić information content (AvgIpc) is 2.65. The van der Waals surface area contributed by atoms with E-state index in [4.69, 9.17) is 10.5 Å². The fraction of sp³-hybridized carbons (Fsp3) is 0.538. The lowest BCUT2D eigenvalue weighted by molar-refractivity contribution is 0.410. The Bertz CT molecular complexity index is 372. The van der Waals surface area contributed by atoms with Crippen molar-refractivity contribution >= 4 is 15.9 Å². The molecule has 0 aliphatic heterocycles. The molecule has 0 saturated heterocycles. The monoisotopic (exact) mass is 283 g/mol. The van der Waals surface area contributed by atoms with E-state index in [1.807, 2.05) is 6.07 Å². The molecule has 1 aromatic carbocycles. The quantitative estimate of drug-likeness (QED) is 0.924. The minimum atomic E-state index is 0.0219. The first-order chi connectivity index (χ1) is 7.63. The van der Waals surface area contributed by atoms with Crippen molar-refractivity contribution in [1.82, 2.24) is 0 Å². The van der Waals surface area contributed by atoms with E-state index in [1.165, 1.54) is 18.4 Å². The second-order valence-corrected chi connectivity index (χ2v) is 5.57. The Labute approximate surface area is 105 Å². The zero-order valence-corrected chi connectivity index (χ0v) is 11.2. The lowest BCUT2D eigenvalue weighted by atomic mass is 9.90. The number of nitrogens with two attached hydrogens (primary N) is 1. The minimum absolute atomic E-state index is 0.0219. The molecule has 1 aromatic rings. The van der Waals surface area contributed by atoms with Gasteiger partial charge in [-0.3, -0.25) is 0 Å². The van der Waals surface area contributed by atoms with Crippen LogP contribution in [0.15, 0.2) is 22.7 Å². The molecule has 0 spiro atoms. The van der Waals surface area contributed by atoms with Crippen LogP contribution in [0.1, 0.15) is 31.2 Å². The Morgan fingerprint density at radius 2 is 2.06 bits per heavy atom. The summed E-state index contributed by atoms with van der Waals surface area (Å²) in [7, 11) is 1.68. The number of hydrogen-bond donors (Lipinski definition) is 1. The molecule has 0 bridgehead atoms. The highest BCUT2D eigenvalue weighted by atomic mass is 79.9. The SMILES string of the molecule is COc1ccc(CC2(N)CCCC2)cc1Br. The first kappa shape index (κ1) is 11.9. The van der Waals surface area contributed by atoms with Crippen molar-refractivity contribution in [2.75, 3.05) is 7.11 Å². The minimum Gasteiger partial charge on any atom is -0.496 e. The van der Waals surface area contributed by atoms with Crippen molar-refractivity contribution in [1.29, 1.82) is 0 Å². The molecule has 0 heterocycles. The highest BCUT2D eigenvalue weighted by molar-refractivity contribution is 9.10. The maximum absolute atomic E-state index is 6.37. The van der Waals surface area contributed by atoms with Crippen LogP contribution in [0, 0.1) is 0 Å². The van der Waals surface area contributed by atoms with Gasteiger partial charge in [0.25, 0.3) is 0 Å². The van der Waals surface area contributed by atoms with Gasteiger partial charge in [0, 0.05) is 5.54 Å². The smallest absolute Gasteiger partial charge is 0.133 e. The molecule has 0 atom stereocenters. The molecule has 0 amide bonds. The van der Waals surface area contributed by atoms with E-state index in [0.29, 0.717) is 0 Å². The van der Waals surface area contributed by atoms with Crippen LogP contribution in [-0.2, 0) is 6.42 Å². The molecule has 0 radical (unpaired) electrons. The van der Waals surface area contributed by atoms with Crippen LogP contribution in [-0.4, -0.2) is 12.6 Å². The lowest BCUT2D eigenvalue weighted by Crippen LogP contribution is -2.38. The third-order valence-electron chi connectivity index (χ3n) is 3.37. The van der Waals surface area contributed by atoms with Crippen LogP contribution in [0.3, 0.4) is 0 Å². The summed E-state index contributed by atoms with van der Waals surface area (Å²) >= 11 is 3.51. The summed E-state index contributed by atoms with van der Waals surface area (Å²) in [6, 6.07) is 6.22. The topological polar surface area (TPSA) is 35.2 Å². The van der Waals surface area contributed by atoms with E-state index in [9.17, 15) is 0 Å². The van der Waals surface area contributed by atoms with Crippen LogP contribution in [0.2, 0.25) is 0 Å². The molecular weight excluding hydrogens is 266 g/mol. The molecule has 2 nitrogen and oxygen atoms in total. The maximum atomic E-state index is 6.37. The van der Waals surface area contributed by atoms with E-state index < -0.39 is 0 Å². The molecule has 1 saturated carbocycles. The van der Waals surface area contributed by atoms with Gasteiger partial charge in [-0.05, 0) is 52.9 Å². The molecular formula is C13H18BrNO. The predicted molar refractivity (Wildman–Crippen MR) is 69.8 cm³/mol. The van der Waals surface area contributed by atoms with Gasteiger partial charge in [0.2, 0.25) is 0 Å². The summed E-state index contributed by atoms with van der Waals surface area (Å²) in [6.45, 7) is 0.